The van der Waals surface area contributed by atoms with Crippen molar-refractivity contribution in [3.63, 3.8) is 0 Å². The van der Waals surface area contributed by atoms with E-state index in [0.717, 1.165) is 15.6 Å². The highest BCUT2D eigenvalue weighted by atomic mass is 32.1. The van der Waals surface area contributed by atoms with Crippen molar-refractivity contribution in [3.05, 3.63) is 41.7 Å². The third-order valence-electron chi connectivity index (χ3n) is 3.91. The summed E-state index contributed by atoms with van der Waals surface area (Å²) >= 11 is 1.44. The van der Waals surface area contributed by atoms with E-state index in [1.54, 1.807) is 11.1 Å². The van der Waals surface area contributed by atoms with E-state index in [1.807, 2.05) is 37.3 Å². The van der Waals surface area contributed by atoms with E-state index in [9.17, 15) is 5.21 Å². The molecule has 7 heteroatoms. The summed E-state index contributed by atoms with van der Waals surface area (Å²) in [4.78, 5) is 6.90. The van der Waals surface area contributed by atoms with E-state index in [0.29, 0.717) is 18.1 Å². The zero-order valence-electron chi connectivity index (χ0n) is 12.1. The Morgan fingerprint density at radius 3 is 2.91 bits per heavy atom. The van der Waals surface area contributed by atoms with Gasteiger partial charge in [0.05, 0.1) is 10.9 Å². The number of aromatic nitrogens is 1. The van der Waals surface area contributed by atoms with E-state index in [-0.39, 0.29) is 12.1 Å². The number of benzene rings is 1. The number of nitriles is 1. The molecule has 0 unspecified atom stereocenters. The molecule has 0 radical (unpaired) electrons. The summed E-state index contributed by atoms with van der Waals surface area (Å²) in [5.74, 6) is 0. The Morgan fingerprint density at radius 1 is 1.45 bits per heavy atom. The van der Waals surface area contributed by atoms with Crippen LogP contribution in [0.15, 0.2) is 36.5 Å². The summed E-state index contributed by atoms with van der Waals surface area (Å²) in [6.07, 6.45) is 4.54. The van der Waals surface area contributed by atoms with Crippen molar-refractivity contribution >= 4 is 16.5 Å². The molecule has 0 bridgehead atoms. The van der Waals surface area contributed by atoms with Crippen LogP contribution in [-0.2, 0) is 0 Å². The lowest BCUT2D eigenvalue weighted by molar-refractivity contribution is 0.262. The number of nitrogens with zero attached hydrogens (tertiary/aromatic N) is 4. The summed E-state index contributed by atoms with van der Waals surface area (Å²) in [7, 11) is 0. The van der Waals surface area contributed by atoms with Gasteiger partial charge in [0.15, 0.2) is 11.3 Å². The first-order chi connectivity index (χ1) is 10.7. The Morgan fingerprint density at radius 2 is 2.23 bits per heavy atom. The fourth-order valence-corrected chi connectivity index (χ4v) is 3.43. The molecule has 1 saturated heterocycles. The van der Waals surface area contributed by atoms with Crippen molar-refractivity contribution in [1.29, 1.82) is 5.26 Å². The topological polar surface area (TPSA) is 78.2 Å². The predicted octanol–water partition coefficient (Wildman–Crippen LogP) is 2.88. The number of likely N-dealkylation sites (tertiary alicyclic amines) is 1. The van der Waals surface area contributed by atoms with Crippen molar-refractivity contribution in [2.45, 2.75) is 25.4 Å². The first kappa shape index (κ1) is 14.8. The average molecular weight is 314 g/mol. The molecular weight excluding hydrogens is 298 g/mol. The van der Waals surface area contributed by atoms with Gasteiger partial charge in [-0.1, -0.05) is 41.7 Å². The maximum absolute atomic E-state index is 12.3. The van der Waals surface area contributed by atoms with Gasteiger partial charge < -0.3 is 15.5 Å². The molecule has 0 spiro atoms. The molecule has 1 fully saturated rings. The second-order valence-corrected chi connectivity index (χ2v) is 6.25. The minimum Gasteiger partial charge on any atom is -0.767 e. The molecule has 0 saturated carbocycles. The van der Waals surface area contributed by atoms with Crippen LogP contribution in [0.1, 0.15) is 13.3 Å². The smallest absolute Gasteiger partial charge is 0.197 e. The van der Waals surface area contributed by atoms with Crippen molar-refractivity contribution < 1.29 is 0 Å². The molecule has 2 aromatic rings. The number of hydrogen-bond acceptors (Lipinski definition) is 7. The highest BCUT2D eigenvalue weighted by molar-refractivity contribution is 7.18. The van der Waals surface area contributed by atoms with E-state index < -0.39 is 0 Å². The van der Waals surface area contributed by atoms with Gasteiger partial charge in [-0.3, -0.25) is 5.17 Å². The highest BCUT2D eigenvalue weighted by Gasteiger charge is 2.31. The van der Waals surface area contributed by atoms with Gasteiger partial charge in [-0.2, -0.15) is 5.26 Å². The average Bonchev–Trinajstić information content (AvgIpc) is 3.14. The molecule has 114 valence electrons. The molecule has 1 aliphatic rings. The number of hydrogen-bond donors (Lipinski definition) is 1. The van der Waals surface area contributed by atoms with E-state index >= 15 is 0 Å². The molecule has 1 aromatic carbocycles. The minimum absolute atomic E-state index is 0.0939. The van der Waals surface area contributed by atoms with Gasteiger partial charge in [0.2, 0.25) is 0 Å². The lowest BCUT2D eigenvalue weighted by Gasteiger charge is -2.37. The van der Waals surface area contributed by atoms with Crippen LogP contribution < -0.4 is 5.43 Å². The quantitative estimate of drug-likeness (QED) is 0.690. The third-order valence-corrected chi connectivity index (χ3v) is 4.86. The monoisotopic (exact) mass is 314 g/mol. The second-order valence-electron chi connectivity index (χ2n) is 5.22. The summed E-state index contributed by atoms with van der Waals surface area (Å²) in [6, 6.07) is 9.59. The van der Waals surface area contributed by atoms with Gasteiger partial charge in [-0.05, 0) is 18.9 Å². The van der Waals surface area contributed by atoms with Crippen molar-refractivity contribution in [3.8, 4) is 16.6 Å². The van der Waals surface area contributed by atoms with Gasteiger partial charge in [-0.25, -0.2) is 4.98 Å². The van der Waals surface area contributed by atoms with Crippen LogP contribution in [0.3, 0.4) is 0 Å². The number of hydrazine groups is 1. The molecule has 1 aliphatic heterocycles. The van der Waals surface area contributed by atoms with Crippen LogP contribution >= 0.6 is 11.3 Å². The maximum atomic E-state index is 12.3. The maximum Gasteiger partial charge on any atom is 0.197 e. The standard InChI is InChI=1S/C15H16N5OS/c1-11-13(7-8-19(11)10-16)20(21)18-15-17-9-14(22-15)12-5-3-2-4-6-12/h2-6,9,11,13H,7-8H2,1H3,(H,17,18)/q-1/t11-,13-/m0/s1. The highest BCUT2D eigenvalue weighted by Crippen LogP contribution is 2.30. The molecular formula is C15H16N5OS-. The second kappa shape index (κ2) is 6.32. The predicted molar refractivity (Wildman–Crippen MR) is 86.6 cm³/mol. The zero-order chi connectivity index (χ0) is 15.5. The fraction of sp³-hybridized carbons (Fsp3) is 0.333. The van der Waals surface area contributed by atoms with E-state index in [2.05, 4.69) is 16.6 Å². The van der Waals surface area contributed by atoms with Gasteiger partial charge in [0.1, 0.15) is 0 Å². The number of nitrogens with one attached hydrogen (secondary N) is 1. The Kier molecular flexibility index (Phi) is 4.24. The minimum atomic E-state index is -0.247. The molecule has 22 heavy (non-hydrogen) atoms. The number of rotatable bonds is 4. The van der Waals surface area contributed by atoms with Gasteiger partial charge >= 0.3 is 0 Å². The van der Waals surface area contributed by atoms with Crippen LogP contribution in [-0.4, -0.2) is 33.7 Å². The normalized spacial score (nSPS) is 21.1. The summed E-state index contributed by atoms with van der Waals surface area (Å²) in [6.45, 7) is 2.51. The first-order valence-electron chi connectivity index (χ1n) is 7.09. The number of anilines is 1. The Balaban J connectivity index is 1.67. The lowest BCUT2D eigenvalue weighted by Crippen LogP contribution is -2.42. The summed E-state index contributed by atoms with van der Waals surface area (Å²) in [5, 5.41) is 22.6. The van der Waals surface area contributed by atoms with E-state index in [1.165, 1.54) is 11.3 Å². The molecule has 1 aromatic heterocycles. The number of thiazole rings is 1. The van der Waals surface area contributed by atoms with Crippen molar-refractivity contribution in [1.82, 2.24) is 15.1 Å². The van der Waals surface area contributed by atoms with Gasteiger partial charge in [0.25, 0.3) is 0 Å². The van der Waals surface area contributed by atoms with Crippen LogP contribution in [0.2, 0.25) is 0 Å². The largest absolute Gasteiger partial charge is 0.767 e. The lowest BCUT2D eigenvalue weighted by atomic mass is 10.1. The molecule has 3 rings (SSSR count). The van der Waals surface area contributed by atoms with Crippen LogP contribution in [0, 0.1) is 16.7 Å². The molecule has 6 nitrogen and oxygen atoms in total. The Hall–Kier alpha value is -2.14. The summed E-state index contributed by atoms with van der Waals surface area (Å²) < 4.78 is 0. The summed E-state index contributed by atoms with van der Waals surface area (Å²) in [5.41, 5.74) is 3.88. The first-order valence-corrected chi connectivity index (χ1v) is 7.91. The van der Waals surface area contributed by atoms with Crippen molar-refractivity contribution in [2.75, 3.05) is 12.0 Å². The van der Waals surface area contributed by atoms with E-state index in [4.69, 9.17) is 5.26 Å². The van der Waals surface area contributed by atoms with Gasteiger partial charge in [-0.15, -0.1) is 0 Å². The molecule has 1 N–H and O–H groups in total. The van der Waals surface area contributed by atoms with Crippen LogP contribution in [0.5, 0.6) is 0 Å². The molecule has 2 atom stereocenters. The number of hydroxylamine groups is 1. The van der Waals surface area contributed by atoms with Gasteiger partial charge in [0, 0.05) is 18.8 Å². The van der Waals surface area contributed by atoms with Crippen molar-refractivity contribution in [2.24, 2.45) is 0 Å². The van der Waals surface area contributed by atoms with Crippen LogP contribution in [0.25, 0.3) is 10.4 Å². The SMILES string of the molecule is C[C@H]1[C@@H](N([O-])Nc2ncc(-c3ccccc3)s2)CCN1C#N. The zero-order valence-corrected chi connectivity index (χ0v) is 13.0. The Labute approximate surface area is 133 Å². The molecule has 0 aliphatic carbocycles. The molecule has 2 heterocycles. The molecule has 0 amide bonds. The van der Waals surface area contributed by atoms with Crippen LogP contribution in [0.4, 0.5) is 5.13 Å². The fourth-order valence-electron chi connectivity index (χ4n) is 2.62. The Bertz CT molecular complexity index is 668. The third kappa shape index (κ3) is 2.90.